The Morgan fingerprint density at radius 3 is 1.50 bits per heavy atom. The first-order chi connectivity index (χ1) is 24.8. The van der Waals surface area contributed by atoms with Crippen molar-refractivity contribution < 1.29 is 4.42 Å². The average Bonchev–Trinajstić information content (AvgIpc) is 3.73. The molecule has 1 aliphatic rings. The molecule has 232 valence electrons. The number of hydrogen-bond acceptors (Lipinski definition) is 1. The molecule has 0 atom stereocenters. The summed E-state index contributed by atoms with van der Waals surface area (Å²) in [5.41, 5.74) is 17.4. The van der Waals surface area contributed by atoms with E-state index < -0.39 is 0 Å². The summed E-state index contributed by atoms with van der Waals surface area (Å²) in [6, 6.07) is 64.0. The Hall–Kier alpha value is -6.64. The summed E-state index contributed by atoms with van der Waals surface area (Å²) in [6.07, 6.45) is 0. The van der Waals surface area contributed by atoms with E-state index in [1.165, 1.54) is 66.3 Å². The van der Waals surface area contributed by atoms with E-state index in [4.69, 9.17) is 4.42 Å². The fraction of sp³-hybridized carbons (Fsp3) is 0. The molecular formula is C48H29NO. The van der Waals surface area contributed by atoms with E-state index in [0.29, 0.717) is 0 Å². The second-order valence-electron chi connectivity index (χ2n) is 13.2. The Morgan fingerprint density at radius 2 is 0.800 bits per heavy atom. The highest BCUT2D eigenvalue weighted by molar-refractivity contribution is 6.12. The largest absolute Gasteiger partial charge is 0.455 e. The summed E-state index contributed by atoms with van der Waals surface area (Å²) >= 11 is 0. The molecule has 0 bridgehead atoms. The third-order valence-electron chi connectivity index (χ3n) is 10.6. The zero-order chi connectivity index (χ0) is 32.8. The molecule has 10 aromatic rings. The standard InChI is InChI=1S/C48H29NO/c1-2-14-35-33(12-1)34-13-3-4-15-36(34)43-28-30(32-19-11-20-42-41-18-7-10-23-47(41)50-48(32)42)24-26-38(43)44-29-31(25-27-37(35)44)49-45-21-8-5-16-39(45)40-17-6-9-22-46(40)49/h1-29H. The van der Waals surface area contributed by atoms with Gasteiger partial charge in [-0.15, -0.1) is 0 Å². The first-order valence-corrected chi connectivity index (χ1v) is 17.2. The number of rotatable bonds is 2. The fourth-order valence-electron chi connectivity index (χ4n) is 8.38. The molecule has 2 aromatic heterocycles. The van der Waals surface area contributed by atoms with Crippen LogP contribution in [-0.4, -0.2) is 4.57 Å². The maximum Gasteiger partial charge on any atom is 0.143 e. The van der Waals surface area contributed by atoms with Crippen molar-refractivity contribution in [3.05, 3.63) is 176 Å². The number of hydrogen-bond donors (Lipinski definition) is 0. The number of para-hydroxylation sites is 4. The van der Waals surface area contributed by atoms with Crippen LogP contribution in [0.2, 0.25) is 0 Å². The molecule has 0 fully saturated rings. The van der Waals surface area contributed by atoms with Gasteiger partial charge in [-0.3, -0.25) is 0 Å². The molecular weight excluding hydrogens is 607 g/mol. The van der Waals surface area contributed by atoms with Crippen LogP contribution >= 0.6 is 0 Å². The molecule has 11 rings (SSSR count). The first kappa shape index (κ1) is 27.3. The van der Waals surface area contributed by atoms with Gasteiger partial charge in [0, 0.05) is 32.8 Å². The third-order valence-corrected chi connectivity index (χ3v) is 10.6. The number of benzene rings is 8. The summed E-state index contributed by atoms with van der Waals surface area (Å²) in [5, 5.41) is 4.81. The molecule has 0 saturated heterocycles. The van der Waals surface area contributed by atoms with Crippen LogP contribution in [0.5, 0.6) is 0 Å². The molecule has 0 radical (unpaired) electrons. The van der Waals surface area contributed by atoms with E-state index >= 15 is 0 Å². The Labute approximate surface area is 289 Å². The molecule has 2 nitrogen and oxygen atoms in total. The number of aromatic nitrogens is 1. The number of furan rings is 1. The van der Waals surface area contributed by atoms with Gasteiger partial charge >= 0.3 is 0 Å². The quantitative estimate of drug-likeness (QED) is 0.185. The zero-order valence-corrected chi connectivity index (χ0v) is 27.1. The smallest absolute Gasteiger partial charge is 0.143 e. The summed E-state index contributed by atoms with van der Waals surface area (Å²) in [4.78, 5) is 0. The van der Waals surface area contributed by atoms with Crippen molar-refractivity contribution in [2.24, 2.45) is 0 Å². The topological polar surface area (TPSA) is 18.1 Å². The highest BCUT2D eigenvalue weighted by Gasteiger charge is 2.24. The highest BCUT2D eigenvalue weighted by Crippen LogP contribution is 2.50. The minimum Gasteiger partial charge on any atom is -0.455 e. The second-order valence-corrected chi connectivity index (χ2v) is 13.2. The van der Waals surface area contributed by atoms with Crippen LogP contribution in [0, 0.1) is 0 Å². The van der Waals surface area contributed by atoms with Gasteiger partial charge in [0.1, 0.15) is 11.2 Å². The first-order valence-electron chi connectivity index (χ1n) is 17.2. The van der Waals surface area contributed by atoms with Crippen LogP contribution in [0.3, 0.4) is 0 Å². The monoisotopic (exact) mass is 635 g/mol. The summed E-state index contributed by atoms with van der Waals surface area (Å²) in [7, 11) is 0. The van der Waals surface area contributed by atoms with Gasteiger partial charge in [-0.2, -0.15) is 0 Å². The van der Waals surface area contributed by atoms with Crippen LogP contribution in [-0.2, 0) is 0 Å². The molecule has 0 saturated carbocycles. The SMILES string of the molecule is c1ccc2c(c1)-c1ccccc1-c1cc(-c3cccc4c3oc3ccccc34)ccc1-c1cc(-n3c4ccccc4c4ccccc43)ccc1-2. The predicted octanol–water partition coefficient (Wildman–Crippen LogP) is 13.3. The van der Waals surface area contributed by atoms with Gasteiger partial charge in [-0.05, 0) is 86.5 Å². The fourth-order valence-corrected chi connectivity index (χ4v) is 8.38. The Kier molecular flexibility index (Phi) is 5.70. The Morgan fingerprint density at radius 1 is 0.320 bits per heavy atom. The predicted molar refractivity (Wildman–Crippen MR) is 209 cm³/mol. The van der Waals surface area contributed by atoms with Crippen molar-refractivity contribution in [2.45, 2.75) is 0 Å². The molecule has 1 aliphatic carbocycles. The van der Waals surface area contributed by atoms with Gasteiger partial charge in [-0.1, -0.05) is 140 Å². The van der Waals surface area contributed by atoms with Crippen LogP contribution < -0.4 is 0 Å². The van der Waals surface area contributed by atoms with Gasteiger partial charge in [0.2, 0.25) is 0 Å². The zero-order valence-electron chi connectivity index (χ0n) is 27.1. The molecule has 2 heteroatoms. The minimum atomic E-state index is 0.912. The van der Waals surface area contributed by atoms with Crippen molar-refractivity contribution in [1.29, 1.82) is 0 Å². The maximum absolute atomic E-state index is 6.52. The van der Waals surface area contributed by atoms with Gasteiger partial charge in [0.25, 0.3) is 0 Å². The van der Waals surface area contributed by atoms with Crippen molar-refractivity contribution in [3.63, 3.8) is 0 Å². The Balaban J connectivity index is 1.22. The van der Waals surface area contributed by atoms with Gasteiger partial charge in [0.15, 0.2) is 0 Å². The average molecular weight is 636 g/mol. The normalized spacial score (nSPS) is 12.0. The number of nitrogens with zero attached hydrogens (tertiary/aromatic N) is 1. The third kappa shape index (κ3) is 3.85. The van der Waals surface area contributed by atoms with Crippen molar-refractivity contribution in [1.82, 2.24) is 4.57 Å². The number of fused-ring (bicyclic) bond motifs is 14. The lowest BCUT2D eigenvalue weighted by atomic mass is 9.80. The lowest BCUT2D eigenvalue weighted by Gasteiger charge is -2.24. The van der Waals surface area contributed by atoms with E-state index in [1.54, 1.807) is 0 Å². The van der Waals surface area contributed by atoms with E-state index in [0.717, 1.165) is 38.8 Å². The van der Waals surface area contributed by atoms with E-state index in [-0.39, 0.29) is 0 Å². The van der Waals surface area contributed by atoms with Crippen LogP contribution in [0.4, 0.5) is 0 Å². The van der Waals surface area contributed by atoms with E-state index in [9.17, 15) is 0 Å². The maximum atomic E-state index is 6.52. The van der Waals surface area contributed by atoms with Gasteiger partial charge in [0.05, 0.1) is 11.0 Å². The lowest BCUT2D eigenvalue weighted by Crippen LogP contribution is -2.00. The van der Waals surface area contributed by atoms with Crippen LogP contribution in [0.1, 0.15) is 0 Å². The molecule has 0 unspecified atom stereocenters. The molecule has 0 N–H and O–H groups in total. The molecule has 0 spiro atoms. The van der Waals surface area contributed by atoms with Crippen molar-refractivity contribution in [2.75, 3.05) is 0 Å². The van der Waals surface area contributed by atoms with Crippen LogP contribution in [0.25, 0.3) is 105 Å². The Bertz CT molecular complexity index is 2940. The summed E-state index contributed by atoms with van der Waals surface area (Å²) < 4.78 is 8.94. The minimum absolute atomic E-state index is 0.912. The van der Waals surface area contributed by atoms with Gasteiger partial charge < -0.3 is 8.98 Å². The van der Waals surface area contributed by atoms with Crippen molar-refractivity contribution in [3.8, 4) is 61.3 Å². The van der Waals surface area contributed by atoms with Crippen LogP contribution in [0.15, 0.2) is 180 Å². The van der Waals surface area contributed by atoms with Crippen molar-refractivity contribution >= 4 is 43.7 Å². The molecule has 8 aromatic carbocycles. The summed E-state index contributed by atoms with van der Waals surface area (Å²) in [6.45, 7) is 0. The lowest BCUT2D eigenvalue weighted by molar-refractivity contribution is 0.670. The second kappa shape index (κ2) is 10.4. The van der Waals surface area contributed by atoms with E-state index in [1.807, 2.05) is 6.07 Å². The van der Waals surface area contributed by atoms with E-state index in [2.05, 4.69) is 174 Å². The molecule has 50 heavy (non-hydrogen) atoms. The molecule has 2 heterocycles. The van der Waals surface area contributed by atoms with Gasteiger partial charge in [-0.25, -0.2) is 0 Å². The highest BCUT2D eigenvalue weighted by atomic mass is 16.3. The molecule has 0 aliphatic heterocycles. The summed E-state index contributed by atoms with van der Waals surface area (Å²) in [5.74, 6) is 0. The molecule has 0 amide bonds.